The second-order valence-electron chi connectivity index (χ2n) is 14.0. The van der Waals surface area contributed by atoms with E-state index in [1.807, 2.05) is 57.2 Å². The molecular formula is C47H52N2O9. The van der Waals surface area contributed by atoms with Gasteiger partial charge in [0.05, 0.1) is 24.8 Å². The molecule has 11 heteroatoms. The number of benzene rings is 6. The Kier molecular flexibility index (Phi) is 14.3. The smallest absolute Gasteiger partial charge is 0.336 e. The van der Waals surface area contributed by atoms with Gasteiger partial charge in [0.15, 0.2) is 35.2 Å². The quantitative estimate of drug-likeness (QED) is 0.107. The van der Waals surface area contributed by atoms with Crippen molar-refractivity contribution in [3.63, 3.8) is 0 Å². The number of aliphatic hydroxyl groups excluding tert-OH is 2. The largest absolute Gasteiger partial charge is 0.486 e. The summed E-state index contributed by atoms with van der Waals surface area (Å²) in [4.78, 5) is 23.9. The number of nitrogens with one attached hydrogen (secondary N) is 1. The summed E-state index contributed by atoms with van der Waals surface area (Å²) in [6.07, 6.45) is -0.852. The van der Waals surface area contributed by atoms with Gasteiger partial charge < -0.3 is 45.3 Å². The summed E-state index contributed by atoms with van der Waals surface area (Å²) in [6.45, 7) is 7.77. The van der Waals surface area contributed by atoms with E-state index in [4.69, 9.17) is 34.9 Å². The van der Waals surface area contributed by atoms with Crippen LogP contribution in [-0.4, -0.2) is 65.8 Å². The molecule has 0 radical (unpaired) electrons. The maximum atomic E-state index is 13.0. The van der Waals surface area contributed by atoms with Gasteiger partial charge in [-0.3, -0.25) is 4.79 Å². The average molecular weight is 789 g/mol. The third-order valence-corrected chi connectivity index (χ3v) is 9.99. The highest BCUT2D eigenvalue weighted by Gasteiger charge is 2.27. The van der Waals surface area contributed by atoms with E-state index >= 15 is 0 Å². The molecule has 0 aliphatic carbocycles. The molecule has 2 heterocycles. The standard InChI is InChI=1S/C23H23NO4.C12H13N.C11H12O5.CH4/c1-14-18(10-11-21-22(14)28-17(12-25)13-27-21)23(26)24-15(2)19-9-5-7-16-6-3-4-8-20(16)19;1-9(13)11-8-4-6-10-5-2-3-7-12(10)11;1-6-8(11(13)14)2-3-9-10(6)16-7(4-12)5-15-9;/h3-11,15,17,25H,12-13H2,1-2H3,(H,24,26);2-9H,13H2,1H3;2-3,7,12H,4-5H2,1H3,(H,13,14);1H4/t15-,17+;9-;7-;/m110./s1. The van der Waals surface area contributed by atoms with E-state index in [0.717, 1.165) is 16.3 Å². The van der Waals surface area contributed by atoms with Gasteiger partial charge in [-0.25, -0.2) is 4.79 Å². The number of amides is 1. The van der Waals surface area contributed by atoms with E-state index < -0.39 is 18.2 Å². The van der Waals surface area contributed by atoms with Crippen molar-refractivity contribution in [3.8, 4) is 23.0 Å². The molecule has 6 N–H and O–H groups in total. The van der Waals surface area contributed by atoms with E-state index in [1.165, 1.54) is 22.4 Å². The van der Waals surface area contributed by atoms with E-state index in [0.29, 0.717) is 46.3 Å². The fourth-order valence-electron chi connectivity index (χ4n) is 6.91. The maximum Gasteiger partial charge on any atom is 0.336 e. The summed E-state index contributed by atoms with van der Waals surface area (Å²) in [7, 11) is 0. The van der Waals surface area contributed by atoms with Crippen molar-refractivity contribution in [2.45, 2.75) is 59.4 Å². The number of fused-ring (bicyclic) bond motifs is 4. The summed E-state index contributed by atoms with van der Waals surface area (Å²) >= 11 is 0. The summed E-state index contributed by atoms with van der Waals surface area (Å²) in [5.74, 6) is 0.875. The third-order valence-electron chi connectivity index (χ3n) is 9.99. The van der Waals surface area contributed by atoms with Crippen molar-refractivity contribution in [1.29, 1.82) is 0 Å². The third kappa shape index (κ3) is 9.51. The van der Waals surface area contributed by atoms with E-state index in [1.54, 1.807) is 25.1 Å². The first-order valence-electron chi connectivity index (χ1n) is 18.8. The monoisotopic (exact) mass is 788 g/mol. The fourth-order valence-corrected chi connectivity index (χ4v) is 6.91. The number of aromatic carboxylic acids is 1. The van der Waals surface area contributed by atoms with Gasteiger partial charge >= 0.3 is 5.97 Å². The van der Waals surface area contributed by atoms with Crippen LogP contribution in [0.15, 0.2) is 109 Å². The Morgan fingerprint density at radius 2 is 1.12 bits per heavy atom. The van der Waals surface area contributed by atoms with Crippen LogP contribution in [0.1, 0.15) is 76.3 Å². The first-order valence-corrected chi connectivity index (χ1v) is 18.8. The van der Waals surface area contributed by atoms with Crippen LogP contribution in [0.25, 0.3) is 21.5 Å². The molecule has 2 aliphatic heterocycles. The number of carboxylic acid groups (broad SMARTS) is 1. The molecule has 58 heavy (non-hydrogen) atoms. The number of carbonyl (C=O) groups is 2. The average Bonchev–Trinajstić information content (AvgIpc) is 3.23. The van der Waals surface area contributed by atoms with Crippen LogP contribution in [0.4, 0.5) is 0 Å². The molecule has 0 unspecified atom stereocenters. The van der Waals surface area contributed by atoms with Crippen molar-refractivity contribution < 1.29 is 43.9 Å². The lowest BCUT2D eigenvalue weighted by Crippen LogP contribution is -2.33. The second-order valence-corrected chi connectivity index (χ2v) is 14.0. The SMILES string of the molecule is C.C[C@@H](N)c1cccc2ccccc12.Cc1c(C(=O)N[C@H](C)c2cccc3ccccc23)ccc2c1O[C@@H](CO)CO2.Cc1c(C(=O)O)ccc2c1O[C@@H](CO)CO2. The molecule has 8 rings (SSSR count). The molecule has 0 spiro atoms. The molecule has 304 valence electrons. The molecule has 2 aliphatic rings. The van der Waals surface area contributed by atoms with Gasteiger partial charge in [-0.05, 0) is 84.6 Å². The number of nitrogens with two attached hydrogens (primary N) is 1. The zero-order valence-electron chi connectivity index (χ0n) is 32.4. The van der Waals surface area contributed by atoms with Gasteiger partial charge in [0, 0.05) is 22.7 Å². The van der Waals surface area contributed by atoms with Crippen molar-refractivity contribution in [1.82, 2.24) is 5.32 Å². The lowest BCUT2D eigenvalue weighted by atomic mass is 9.99. The number of hydrogen-bond donors (Lipinski definition) is 5. The first-order chi connectivity index (χ1) is 27.5. The molecule has 6 aromatic carbocycles. The molecule has 0 aromatic heterocycles. The summed E-state index contributed by atoms with van der Waals surface area (Å²) in [6, 6.07) is 35.3. The van der Waals surface area contributed by atoms with Gasteiger partial charge in [-0.15, -0.1) is 0 Å². The minimum absolute atomic E-state index is 0. The Labute approximate surface area is 338 Å². The van der Waals surface area contributed by atoms with Crippen LogP contribution >= 0.6 is 0 Å². The Bertz CT molecular complexity index is 2370. The van der Waals surface area contributed by atoms with Gasteiger partial charge in [0.2, 0.25) is 0 Å². The van der Waals surface area contributed by atoms with Gasteiger partial charge in [0.25, 0.3) is 5.91 Å². The Morgan fingerprint density at radius 3 is 1.62 bits per heavy atom. The zero-order valence-corrected chi connectivity index (χ0v) is 32.4. The van der Waals surface area contributed by atoms with E-state index in [9.17, 15) is 14.7 Å². The molecule has 0 bridgehead atoms. The van der Waals surface area contributed by atoms with Gasteiger partial charge in [-0.1, -0.05) is 92.4 Å². The Morgan fingerprint density at radius 1 is 0.672 bits per heavy atom. The van der Waals surface area contributed by atoms with Crippen LogP contribution in [0, 0.1) is 13.8 Å². The van der Waals surface area contributed by atoms with E-state index in [-0.39, 0.29) is 50.8 Å². The number of rotatable bonds is 7. The van der Waals surface area contributed by atoms with Crippen LogP contribution in [-0.2, 0) is 0 Å². The van der Waals surface area contributed by atoms with Crippen molar-refractivity contribution in [2.24, 2.45) is 5.73 Å². The highest BCUT2D eigenvalue weighted by atomic mass is 16.6. The molecule has 0 saturated heterocycles. The van der Waals surface area contributed by atoms with Crippen LogP contribution in [0.3, 0.4) is 0 Å². The molecule has 11 nitrogen and oxygen atoms in total. The molecule has 0 fully saturated rings. The number of hydrogen-bond acceptors (Lipinski definition) is 9. The van der Waals surface area contributed by atoms with Crippen LogP contribution in [0.5, 0.6) is 23.0 Å². The predicted octanol–water partition coefficient (Wildman–Crippen LogP) is 8.09. The Balaban J connectivity index is 0.000000181. The number of carbonyl (C=O) groups excluding carboxylic acids is 1. The first kappa shape index (κ1) is 43.0. The fraction of sp³-hybridized carbons (Fsp3) is 0.277. The summed E-state index contributed by atoms with van der Waals surface area (Å²) < 4.78 is 22.2. The van der Waals surface area contributed by atoms with Crippen molar-refractivity contribution in [2.75, 3.05) is 26.4 Å². The normalized spacial score (nSPS) is 16.0. The molecule has 6 aromatic rings. The Hall–Kier alpha value is -6.14. The zero-order chi connectivity index (χ0) is 40.6. The van der Waals surface area contributed by atoms with Crippen molar-refractivity contribution in [3.05, 3.63) is 143 Å². The van der Waals surface area contributed by atoms with Crippen molar-refractivity contribution >= 4 is 33.4 Å². The highest BCUT2D eigenvalue weighted by molar-refractivity contribution is 5.97. The van der Waals surface area contributed by atoms with Gasteiger partial charge in [0.1, 0.15) is 13.2 Å². The topological polar surface area (TPSA) is 170 Å². The second kappa shape index (κ2) is 19.3. The van der Waals surface area contributed by atoms with Crippen LogP contribution in [0.2, 0.25) is 0 Å². The minimum atomic E-state index is -1.00. The number of aliphatic hydroxyl groups is 2. The molecule has 1 amide bonds. The predicted molar refractivity (Wildman–Crippen MR) is 226 cm³/mol. The molecule has 0 saturated carbocycles. The summed E-state index contributed by atoms with van der Waals surface area (Å²) in [5, 5.41) is 35.1. The van der Waals surface area contributed by atoms with Gasteiger partial charge in [-0.2, -0.15) is 0 Å². The molecular weight excluding hydrogens is 737 g/mol. The van der Waals surface area contributed by atoms with Crippen LogP contribution < -0.4 is 30.0 Å². The highest BCUT2D eigenvalue weighted by Crippen LogP contribution is 2.38. The lowest BCUT2D eigenvalue weighted by Gasteiger charge is -2.27. The minimum Gasteiger partial charge on any atom is -0.486 e. The molecule has 4 atom stereocenters. The summed E-state index contributed by atoms with van der Waals surface area (Å²) in [5.41, 5.74) is 10.1. The number of carboxylic acids is 1. The van der Waals surface area contributed by atoms with E-state index in [2.05, 4.69) is 53.8 Å². The maximum absolute atomic E-state index is 13.0. The number of ether oxygens (including phenoxy) is 4. The lowest BCUT2D eigenvalue weighted by molar-refractivity contribution is 0.0446.